The Balaban J connectivity index is 2.84. The van der Waals surface area contributed by atoms with Crippen molar-refractivity contribution < 1.29 is 9.90 Å². The molecule has 0 saturated heterocycles. The summed E-state index contributed by atoms with van der Waals surface area (Å²) >= 11 is 6.06. The normalized spacial score (nSPS) is 12.8. The Hall–Kier alpha value is -1.07. The van der Waals surface area contributed by atoms with Gasteiger partial charge in [-0.25, -0.2) is 0 Å². The van der Waals surface area contributed by atoms with E-state index in [2.05, 4.69) is 5.10 Å². The van der Waals surface area contributed by atoms with Crippen LogP contribution in [0.25, 0.3) is 0 Å². The molecule has 0 aliphatic rings. The first-order valence-electron chi connectivity index (χ1n) is 6.41. The second kappa shape index (κ2) is 6.39. The molecule has 1 N–H and O–H groups in total. The van der Waals surface area contributed by atoms with E-state index in [1.807, 2.05) is 27.7 Å². The number of aromatic nitrogens is 2. The largest absolute Gasteiger partial charge is 0.392 e. The molecule has 0 aliphatic heterocycles. The average Bonchev–Trinajstić information content (AvgIpc) is 2.53. The third-order valence-electron chi connectivity index (χ3n) is 2.98. The van der Waals surface area contributed by atoms with Crippen LogP contribution in [0.4, 0.5) is 0 Å². The van der Waals surface area contributed by atoms with Crippen LogP contribution in [0.5, 0.6) is 0 Å². The number of carbonyl (C=O) groups is 1. The first kappa shape index (κ1) is 16.0. The van der Waals surface area contributed by atoms with Crippen molar-refractivity contribution in [3.05, 3.63) is 16.4 Å². The molecule has 1 aromatic heterocycles. The summed E-state index contributed by atoms with van der Waals surface area (Å²) < 4.78 is 1.61. The van der Waals surface area contributed by atoms with E-state index < -0.39 is 6.10 Å². The van der Waals surface area contributed by atoms with Gasteiger partial charge in [0.15, 0.2) is 0 Å². The van der Waals surface area contributed by atoms with Crippen molar-refractivity contribution in [1.29, 1.82) is 0 Å². The molecular formula is C13H22ClN3O2. The van der Waals surface area contributed by atoms with Crippen molar-refractivity contribution in [2.75, 3.05) is 6.54 Å². The smallest absolute Gasteiger partial charge is 0.244 e. The zero-order valence-corrected chi connectivity index (χ0v) is 12.9. The van der Waals surface area contributed by atoms with Gasteiger partial charge in [0, 0.05) is 12.6 Å². The number of hydrogen-bond acceptors (Lipinski definition) is 3. The van der Waals surface area contributed by atoms with E-state index in [0.717, 1.165) is 11.4 Å². The minimum absolute atomic E-state index is 0.0366. The lowest BCUT2D eigenvalue weighted by Gasteiger charge is -2.28. The van der Waals surface area contributed by atoms with Crippen molar-refractivity contribution in [3.63, 3.8) is 0 Å². The van der Waals surface area contributed by atoms with Gasteiger partial charge in [-0.3, -0.25) is 9.48 Å². The molecule has 0 aromatic carbocycles. The van der Waals surface area contributed by atoms with E-state index in [0.29, 0.717) is 11.6 Å². The zero-order valence-electron chi connectivity index (χ0n) is 12.1. The third-order valence-corrected chi connectivity index (χ3v) is 3.53. The van der Waals surface area contributed by atoms with Crippen LogP contribution in [0.2, 0.25) is 5.02 Å². The van der Waals surface area contributed by atoms with Gasteiger partial charge in [-0.05, 0) is 34.6 Å². The quantitative estimate of drug-likeness (QED) is 0.898. The predicted molar refractivity (Wildman–Crippen MR) is 75.2 cm³/mol. The van der Waals surface area contributed by atoms with Gasteiger partial charge >= 0.3 is 0 Å². The van der Waals surface area contributed by atoms with Crippen LogP contribution < -0.4 is 0 Å². The Bertz CT molecular complexity index is 455. The number of halogens is 1. The van der Waals surface area contributed by atoms with Crippen molar-refractivity contribution in [3.8, 4) is 0 Å². The van der Waals surface area contributed by atoms with Crippen LogP contribution in [0.15, 0.2) is 0 Å². The van der Waals surface area contributed by atoms with Gasteiger partial charge < -0.3 is 10.0 Å². The van der Waals surface area contributed by atoms with Crippen LogP contribution in [0.1, 0.15) is 32.2 Å². The van der Waals surface area contributed by atoms with Gasteiger partial charge in [-0.15, -0.1) is 0 Å². The average molecular weight is 288 g/mol. The van der Waals surface area contributed by atoms with Gasteiger partial charge in [0.05, 0.1) is 22.5 Å². The molecule has 5 nitrogen and oxygen atoms in total. The van der Waals surface area contributed by atoms with Gasteiger partial charge in [-0.1, -0.05) is 11.6 Å². The van der Waals surface area contributed by atoms with Gasteiger partial charge in [0.1, 0.15) is 6.54 Å². The molecule has 1 unspecified atom stereocenters. The molecular weight excluding hydrogens is 266 g/mol. The molecule has 1 atom stereocenters. The molecule has 19 heavy (non-hydrogen) atoms. The maximum atomic E-state index is 12.3. The topological polar surface area (TPSA) is 58.4 Å². The van der Waals surface area contributed by atoms with Crippen molar-refractivity contribution in [1.82, 2.24) is 14.7 Å². The second-order valence-corrected chi connectivity index (χ2v) is 5.51. The maximum absolute atomic E-state index is 12.3. The fraction of sp³-hybridized carbons (Fsp3) is 0.692. The molecule has 108 valence electrons. The predicted octanol–water partition coefficient (Wildman–Crippen LogP) is 1.77. The molecule has 0 fully saturated rings. The van der Waals surface area contributed by atoms with Crippen molar-refractivity contribution in [2.45, 2.75) is 53.3 Å². The van der Waals surface area contributed by atoms with Crippen LogP contribution >= 0.6 is 11.6 Å². The number of nitrogens with zero attached hydrogens (tertiary/aromatic N) is 3. The minimum Gasteiger partial charge on any atom is -0.392 e. The lowest BCUT2D eigenvalue weighted by Crippen LogP contribution is -2.43. The van der Waals surface area contributed by atoms with Crippen molar-refractivity contribution >= 4 is 17.5 Å². The van der Waals surface area contributed by atoms with Crippen LogP contribution in [-0.2, 0) is 11.3 Å². The molecule has 1 rings (SSSR count). The number of aliphatic hydroxyl groups is 1. The number of carbonyl (C=O) groups excluding carboxylic acids is 1. The third kappa shape index (κ3) is 3.94. The Kier molecular flexibility index (Phi) is 5.38. The molecule has 0 bridgehead atoms. The molecule has 0 aliphatic carbocycles. The first-order valence-corrected chi connectivity index (χ1v) is 6.78. The molecule has 0 saturated carbocycles. The standard InChI is InChI=1S/C13H22ClN3O2/c1-8(2)16(6-9(3)18)12(19)7-17-11(5)13(14)10(4)15-17/h8-9,18H,6-7H2,1-5H3. The molecule has 6 heteroatoms. The van der Waals surface area contributed by atoms with Crippen LogP contribution in [-0.4, -0.2) is 44.4 Å². The van der Waals surface area contributed by atoms with Crippen molar-refractivity contribution in [2.24, 2.45) is 0 Å². The highest BCUT2D eigenvalue weighted by Gasteiger charge is 2.20. The van der Waals surface area contributed by atoms with Crippen LogP contribution in [0, 0.1) is 13.8 Å². The highest BCUT2D eigenvalue weighted by Crippen LogP contribution is 2.19. The number of rotatable bonds is 5. The van der Waals surface area contributed by atoms with E-state index in [1.54, 1.807) is 16.5 Å². The monoisotopic (exact) mass is 287 g/mol. The highest BCUT2D eigenvalue weighted by atomic mass is 35.5. The highest BCUT2D eigenvalue weighted by molar-refractivity contribution is 6.31. The first-order chi connectivity index (χ1) is 8.73. The Labute approximate surface area is 119 Å². The number of aliphatic hydroxyl groups excluding tert-OH is 1. The fourth-order valence-corrected chi connectivity index (χ4v) is 2.07. The van der Waals surface area contributed by atoms with Gasteiger partial charge in [-0.2, -0.15) is 5.10 Å². The number of amides is 1. The molecule has 0 radical (unpaired) electrons. The Morgan fingerprint density at radius 2 is 2.00 bits per heavy atom. The second-order valence-electron chi connectivity index (χ2n) is 5.13. The van der Waals surface area contributed by atoms with E-state index in [1.165, 1.54) is 0 Å². The Morgan fingerprint density at radius 1 is 1.42 bits per heavy atom. The summed E-state index contributed by atoms with van der Waals surface area (Å²) in [5, 5.41) is 14.3. The van der Waals surface area contributed by atoms with E-state index in [4.69, 9.17) is 11.6 Å². The van der Waals surface area contributed by atoms with E-state index in [-0.39, 0.29) is 18.5 Å². The van der Waals surface area contributed by atoms with Gasteiger partial charge in [0.2, 0.25) is 5.91 Å². The number of aryl methyl sites for hydroxylation is 1. The summed E-state index contributed by atoms with van der Waals surface area (Å²) in [6.07, 6.45) is -0.546. The maximum Gasteiger partial charge on any atom is 0.244 e. The zero-order chi connectivity index (χ0) is 14.7. The summed E-state index contributed by atoms with van der Waals surface area (Å²) in [4.78, 5) is 13.9. The summed E-state index contributed by atoms with van der Waals surface area (Å²) in [5.41, 5.74) is 1.51. The molecule has 1 aromatic rings. The van der Waals surface area contributed by atoms with E-state index >= 15 is 0 Å². The fourth-order valence-electron chi connectivity index (χ4n) is 1.93. The summed E-state index contributed by atoms with van der Waals surface area (Å²) in [5.74, 6) is -0.0711. The molecule has 1 heterocycles. The molecule has 0 spiro atoms. The summed E-state index contributed by atoms with van der Waals surface area (Å²) in [6.45, 7) is 9.63. The Morgan fingerprint density at radius 3 is 2.37 bits per heavy atom. The summed E-state index contributed by atoms with van der Waals surface area (Å²) in [7, 11) is 0. The minimum atomic E-state index is -0.546. The van der Waals surface area contributed by atoms with Crippen LogP contribution in [0.3, 0.4) is 0 Å². The number of hydrogen-bond donors (Lipinski definition) is 1. The lowest BCUT2D eigenvalue weighted by atomic mass is 10.2. The lowest BCUT2D eigenvalue weighted by molar-refractivity contribution is -0.135. The summed E-state index contributed by atoms with van der Waals surface area (Å²) in [6, 6.07) is 0.0366. The van der Waals surface area contributed by atoms with E-state index in [9.17, 15) is 9.90 Å². The SMILES string of the molecule is Cc1nn(CC(=O)N(CC(C)O)C(C)C)c(C)c1Cl. The molecule has 1 amide bonds. The van der Waals surface area contributed by atoms with Gasteiger partial charge in [0.25, 0.3) is 0 Å².